The Kier molecular flexibility index (Phi) is 7.04. The number of nitrogens with zero attached hydrogens (tertiary/aromatic N) is 3. The van der Waals surface area contributed by atoms with Crippen molar-refractivity contribution < 1.29 is 14.5 Å². The molecule has 1 heterocycles. The molecule has 3 aromatic carbocycles. The Balaban J connectivity index is 1.62. The van der Waals surface area contributed by atoms with Crippen LogP contribution in [-0.2, 0) is 4.79 Å². The van der Waals surface area contributed by atoms with E-state index >= 15 is 0 Å². The number of carbonyl (C=O) groups excluding carboxylic acids is 1. The molecule has 1 amide bonds. The van der Waals surface area contributed by atoms with Crippen LogP contribution in [0.5, 0.6) is 5.75 Å². The minimum atomic E-state index is -0.458. The average molecular weight is 497 g/mol. The fourth-order valence-electron chi connectivity index (χ4n) is 3.55. The second-order valence-corrected chi connectivity index (χ2v) is 8.84. The molecule has 0 aliphatic carbocycles. The van der Waals surface area contributed by atoms with Crippen molar-refractivity contribution in [2.45, 2.75) is 18.1 Å². The first-order valence-electron chi connectivity index (χ1n) is 10.4. The summed E-state index contributed by atoms with van der Waals surface area (Å²) in [5.74, 6) is 0.554. The quantitative estimate of drug-likeness (QED) is 0.194. The number of nitro groups is 1. The van der Waals surface area contributed by atoms with Crippen LogP contribution in [0.15, 0.2) is 71.9 Å². The van der Waals surface area contributed by atoms with E-state index in [1.807, 2.05) is 47.9 Å². The summed E-state index contributed by atoms with van der Waals surface area (Å²) < 4.78 is 7.36. The molecule has 10 heteroatoms. The molecule has 0 fully saturated rings. The smallest absolute Gasteiger partial charge is 0.271 e. The predicted octanol–water partition coefficient (Wildman–Crippen LogP) is 5.57. The summed E-state index contributed by atoms with van der Waals surface area (Å²) in [4.78, 5) is 28.1. The van der Waals surface area contributed by atoms with E-state index in [-0.39, 0.29) is 23.4 Å². The number of aromatic nitrogens is 2. The fraction of sp³-hybridized carbons (Fsp3) is 0.167. The number of non-ortho nitro benzene ring substituents is 1. The van der Waals surface area contributed by atoms with Gasteiger partial charge in [-0.25, -0.2) is 4.98 Å². The maximum atomic E-state index is 12.7. The fourth-order valence-corrected chi connectivity index (χ4v) is 4.51. The third-order valence-corrected chi connectivity index (χ3v) is 6.41. The van der Waals surface area contributed by atoms with E-state index in [4.69, 9.17) is 16.3 Å². The number of nitro benzene ring substituents is 1. The van der Waals surface area contributed by atoms with Gasteiger partial charge in [0.05, 0.1) is 40.5 Å². The number of amides is 1. The summed E-state index contributed by atoms with van der Waals surface area (Å²) in [5.41, 5.74) is 2.74. The molecule has 1 unspecified atom stereocenters. The van der Waals surface area contributed by atoms with Crippen LogP contribution in [0.1, 0.15) is 18.5 Å². The molecule has 0 aliphatic heterocycles. The van der Waals surface area contributed by atoms with E-state index in [0.29, 0.717) is 27.0 Å². The van der Waals surface area contributed by atoms with E-state index in [0.717, 1.165) is 11.3 Å². The van der Waals surface area contributed by atoms with E-state index < -0.39 is 4.92 Å². The Labute approximate surface area is 205 Å². The molecule has 0 saturated carbocycles. The molecule has 1 atom stereocenters. The Morgan fingerprint density at radius 3 is 2.65 bits per heavy atom. The zero-order valence-electron chi connectivity index (χ0n) is 18.4. The first kappa shape index (κ1) is 23.6. The third kappa shape index (κ3) is 5.00. The second kappa shape index (κ2) is 10.1. The molecular weight excluding hydrogens is 476 g/mol. The molecule has 0 aliphatic rings. The number of halogens is 1. The van der Waals surface area contributed by atoms with Crippen molar-refractivity contribution in [1.82, 2.24) is 14.9 Å². The normalized spacial score (nSPS) is 11.9. The van der Waals surface area contributed by atoms with Gasteiger partial charge in [0.2, 0.25) is 5.91 Å². The lowest BCUT2D eigenvalue weighted by Crippen LogP contribution is -2.28. The van der Waals surface area contributed by atoms with E-state index in [9.17, 15) is 14.9 Å². The zero-order chi connectivity index (χ0) is 24.2. The third-order valence-electron chi connectivity index (χ3n) is 5.22. The first-order chi connectivity index (χ1) is 16.4. The molecule has 1 N–H and O–H groups in total. The number of hydrogen-bond acceptors (Lipinski definition) is 6. The minimum absolute atomic E-state index is 0.0525. The number of carbonyl (C=O) groups is 1. The number of ether oxygens (including phenoxy) is 1. The molecular formula is C24H21ClN4O4S. The number of thioether (sulfide) groups is 1. The van der Waals surface area contributed by atoms with Crippen LogP contribution in [0.25, 0.3) is 16.7 Å². The largest absolute Gasteiger partial charge is 0.495 e. The van der Waals surface area contributed by atoms with Crippen molar-refractivity contribution in [3.8, 4) is 11.4 Å². The Bertz CT molecular complexity index is 1360. The summed E-state index contributed by atoms with van der Waals surface area (Å²) in [6, 6.07) is 19.0. The zero-order valence-corrected chi connectivity index (χ0v) is 20.0. The number of nitrogens with one attached hydrogen (secondary N) is 1. The molecule has 1 aromatic heterocycles. The van der Waals surface area contributed by atoms with E-state index in [1.54, 1.807) is 25.3 Å². The number of rotatable bonds is 8. The highest BCUT2D eigenvalue weighted by Crippen LogP contribution is 2.33. The van der Waals surface area contributed by atoms with Gasteiger partial charge in [-0.2, -0.15) is 0 Å². The van der Waals surface area contributed by atoms with Crippen LogP contribution >= 0.6 is 23.4 Å². The maximum Gasteiger partial charge on any atom is 0.271 e. The van der Waals surface area contributed by atoms with Crippen molar-refractivity contribution in [2.24, 2.45) is 0 Å². The summed E-state index contributed by atoms with van der Waals surface area (Å²) in [6.45, 7) is 1.90. The number of fused-ring (bicyclic) bond motifs is 1. The van der Waals surface area contributed by atoms with Crippen LogP contribution in [0.3, 0.4) is 0 Å². The number of imidazole rings is 1. The number of para-hydroxylation sites is 2. The lowest BCUT2D eigenvalue weighted by atomic mass is 10.1. The molecule has 4 aromatic rings. The number of benzene rings is 3. The van der Waals surface area contributed by atoms with E-state index in [2.05, 4.69) is 10.3 Å². The van der Waals surface area contributed by atoms with Crippen molar-refractivity contribution in [3.05, 3.63) is 87.4 Å². The van der Waals surface area contributed by atoms with Gasteiger partial charge in [0.1, 0.15) is 5.75 Å². The Hall–Kier alpha value is -3.56. The highest BCUT2D eigenvalue weighted by molar-refractivity contribution is 7.99. The van der Waals surface area contributed by atoms with Gasteiger partial charge in [0, 0.05) is 17.2 Å². The lowest BCUT2D eigenvalue weighted by Gasteiger charge is -2.15. The van der Waals surface area contributed by atoms with Crippen molar-refractivity contribution >= 4 is 46.0 Å². The van der Waals surface area contributed by atoms with Gasteiger partial charge in [-0.1, -0.05) is 47.6 Å². The van der Waals surface area contributed by atoms with E-state index in [1.165, 1.54) is 23.9 Å². The summed E-state index contributed by atoms with van der Waals surface area (Å²) >= 11 is 7.18. The Morgan fingerprint density at radius 2 is 1.94 bits per heavy atom. The molecule has 34 heavy (non-hydrogen) atoms. The van der Waals surface area contributed by atoms with Gasteiger partial charge in [-0.3, -0.25) is 19.5 Å². The Morgan fingerprint density at radius 1 is 1.21 bits per heavy atom. The van der Waals surface area contributed by atoms with Crippen molar-refractivity contribution in [2.75, 3.05) is 12.9 Å². The van der Waals surface area contributed by atoms with Gasteiger partial charge in [-0.05, 0) is 42.8 Å². The molecule has 0 spiro atoms. The van der Waals surface area contributed by atoms with Gasteiger partial charge in [0.15, 0.2) is 5.16 Å². The highest BCUT2D eigenvalue weighted by atomic mass is 35.5. The lowest BCUT2D eigenvalue weighted by molar-refractivity contribution is -0.384. The van der Waals surface area contributed by atoms with Crippen LogP contribution in [0.4, 0.5) is 5.69 Å². The summed E-state index contributed by atoms with van der Waals surface area (Å²) in [5, 5.41) is 15.4. The maximum absolute atomic E-state index is 12.7. The van der Waals surface area contributed by atoms with Crippen molar-refractivity contribution in [1.29, 1.82) is 0 Å². The average Bonchev–Trinajstić information content (AvgIpc) is 3.20. The van der Waals surface area contributed by atoms with Gasteiger partial charge in [-0.15, -0.1) is 0 Å². The van der Waals surface area contributed by atoms with Crippen LogP contribution in [0.2, 0.25) is 5.02 Å². The SMILES string of the molecule is COc1ccccc1-n1c(SCC(=O)NC(C)c2ccc(Cl)cc2)nc2cc([N+](=O)[O-])ccc21. The van der Waals surface area contributed by atoms with Gasteiger partial charge >= 0.3 is 0 Å². The molecule has 4 rings (SSSR count). The molecule has 0 radical (unpaired) electrons. The second-order valence-electron chi connectivity index (χ2n) is 7.46. The van der Waals surface area contributed by atoms with Crippen LogP contribution in [-0.4, -0.2) is 33.2 Å². The monoisotopic (exact) mass is 496 g/mol. The van der Waals surface area contributed by atoms with Crippen LogP contribution in [0, 0.1) is 10.1 Å². The molecule has 174 valence electrons. The first-order valence-corrected chi connectivity index (χ1v) is 11.7. The summed E-state index contributed by atoms with van der Waals surface area (Å²) in [7, 11) is 1.57. The highest BCUT2D eigenvalue weighted by Gasteiger charge is 2.20. The molecule has 0 bridgehead atoms. The topological polar surface area (TPSA) is 99.3 Å². The standard InChI is InChI=1S/C24H21ClN4O4S/c1-15(16-7-9-17(25)10-8-16)26-23(30)14-34-24-27-19-13-18(29(31)32)11-12-20(19)28(24)21-5-3-4-6-22(21)33-2/h3-13,15H,14H2,1-2H3,(H,26,30). The van der Waals surface area contributed by atoms with Gasteiger partial charge < -0.3 is 10.1 Å². The molecule has 0 saturated heterocycles. The summed E-state index contributed by atoms with van der Waals surface area (Å²) in [6.07, 6.45) is 0. The van der Waals surface area contributed by atoms with Gasteiger partial charge in [0.25, 0.3) is 5.69 Å². The number of methoxy groups -OCH3 is 1. The molecule has 8 nitrogen and oxygen atoms in total. The van der Waals surface area contributed by atoms with Crippen molar-refractivity contribution in [3.63, 3.8) is 0 Å². The minimum Gasteiger partial charge on any atom is -0.495 e. The van der Waals surface area contributed by atoms with Crippen LogP contribution < -0.4 is 10.1 Å². The predicted molar refractivity (Wildman–Crippen MR) is 133 cm³/mol. The number of hydrogen-bond donors (Lipinski definition) is 1.